The third-order valence-electron chi connectivity index (χ3n) is 1.15. The number of thioether (sulfide) groups is 1. The van der Waals surface area contributed by atoms with E-state index in [1.807, 2.05) is 30.0 Å². The van der Waals surface area contributed by atoms with Gasteiger partial charge in [-0.2, -0.15) is 42.1 Å². The van der Waals surface area contributed by atoms with E-state index in [9.17, 15) is 0 Å². The summed E-state index contributed by atoms with van der Waals surface area (Å²) in [5.74, 6) is 1.21. The number of hydrogen-bond donors (Lipinski definition) is 0. The second-order valence-electron chi connectivity index (χ2n) is 2.09. The molecule has 1 rings (SSSR count). The molecule has 0 aromatic heterocycles. The molecule has 0 aliphatic carbocycles. The Morgan fingerprint density at radius 1 is 1.58 bits per heavy atom. The Bertz CT molecular complexity index is 179. The van der Waals surface area contributed by atoms with Crippen LogP contribution in [0.5, 0.6) is 0 Å². The van der Waals surface area contributed by atoms with Crippen LogP contribution in [-0.2, 0) is 16.3 Å². The van der Waals surface area contributed by atoms with Crippen molar-refractivity contribution in [3.8, 4) is 0 Å². The summed E-state index contributed by atoms with van der Waals surface area (Å²) in [7, 11) is 0. The molecule has 0 spiro atoms. The summed E-state index contributed by atoms with van der Waals surface area (Å²) in [6, 6.07) is 11.2. The molecular weight excluding hydrogens is 285 g/mol. The summed E-state index contributed by atoms with van der Waals surface area (Å²) in [5.41, 5.74) is 0. The minimum absolute atomic E-state index is 1.19. The van der Waals surface area contributed by atoms with Crippen LogP contribution in [0.2, 0.25) is 0 Å². The zero-order valence-corrected chi connectivity index (χ0v) is 12.6. The zero-order valence-electron chi connectivity index (χ0n) is 7.22. The van der Waals surface area contributed by atoms with Crippen LogP contribution in [0, 0.1) is 6.07 Å². The quantitative estimate of drug-likeness (QED) is 0.464. The van der Waals surface area contributed by atoms with E-state index in [1.54, 1.807) is 0 Å². The van der Waals surface area contributed by atoms with Crippen molar-refractivity contribution >= 4 is 25.4 Å². The average molecular weight is 297 g/mol. The van der Waals surface area contributed by atoms with E-state index in [-0.39, 0.29) is 0 Å². The zero-order chi connectivity index (χ0) is 9.23. The Morgan fingerprint density at radius 3 is 2.83 bits per heavy atom. The molecule has 0 N–H and O–H groups in total. The molecule has 0 bridgehead atoms. The average Bonchev–Trinajstić information content (AvgIpc) is 2.19. The van der Waals surface area contributed by atoms with Crippen molar-refractivity contribution in [2.75, 3.05) is 5.75 Å². The first kappa shape index (κ1) is 12.7. The number of rotatable bonds is 3. The monoisotopic (exact) mass is 294 g/mol. The van der Waals surface area contributed by atoms with Gasteiger partial charge in [0.05, 0.1) is 0 Å². The van der Waals surface area contributed by atoms with E-state index in [1.165, 1.54) is 33.4 Å². The Morgan fingerprint density at radius 2 is 2.33 bits per heavy atom. The maximum absolute atomic E-state index is 3.06. The number of hydrogen-bond acceptors (Lipinski definition) is 1. The first-order valence-corrected chi connectivity index (χ1v) is 11.7. The summed E-state index contributed by atoms with van der Waals surface area (Å²) >= 11 is 6.14. The van der Waals surface area contributed by atoms with E-state index >= 15 is 0 Å². The van der Waals surface area contributed by atoms with Crippen LogP contribution in [0.3, 0.4) is 0 Å². The molecule has 0 saturated heterocycles. The maximum atomic E-state index is 3.06. The predicted octanol–water partition coefficient (Wildman–Crippen LogP) is 3.83. The second-order valence-corrected chi connectivity index (χ2v) is 3.26. The van der Waals surface area contributed by atoms with Crippen LogP contribution in [0.4, 0.5) is 0 Å². The van der Waals surface area contributed by atoms with Gasteiger partial charge in [-0.15, -0.1) is 4.90 Å². The first-order chi connectivity index (χ1) is 5.93. The molecule has 62 valence electrons. The summed E-state index contributed by atoms with van der Waals surface area (Å²) in [4.78, 5) is 1.32. The van der Waals surface area contributed by atoms with Crippen LogP contribution < -0.4 is 0 Å². The van der Waals surface area contributed by atoms with Crippen molar-refractivity contribution in [3.63, 3.8) is 0 Å². The van der Waals surface area contributed by atoms with E-state index in [0.717, 1.165) is 0 Å². The summed E-state index contributed by atoms with van der Waals surface area (Å²) < 4.78 is 0. The molecule has 0 aliphatic heterocycles. The summed E-state index contributed by atoms with van der Waals surface area (Å²) in [6.07, 6.45) is 1.24. The fourth-order valence-corrected chi connectivity index (χ4v) is 1.45. The van der Waals surface area contributed by atoms with Crippen molar-refractivity contribution in [1.29, 1.82) is 0 Å². The van der Waals surface area contributed by atoms with Crippen LogP contribution >= 0.6 is 25.4 Å². The van der Waals surface area contributed by atoms with Gasteiger partial charge in [-0.3, -0.25) is 0 Å². The van der Waals surface area contributed by atoms with Gasteiger partial charge in [0.2, 0.25) is 0 Å². The van der Waals surface area contributed by atoms with Crippen molar-refractivity contribution in [2.45, 2.75) is 18.2 Å². The standard InChI is InChI=1S/C9H11S.BrH.Zn/c1-2-8-10-9-6-4-3-5-7-9;;/h3-4,6-7H,2,8H2,1H3;1H;/q-1;;+2/p-1. The molecule has 0 fully saturated rings. The molecule has 12 heavy (non-hydrogen) atoms. The molecule has 0 saturated carbocycles. The van der Waals surface area contributed by atoms with Gasteiger partial charge in [-0.05, 0) is 12.2 Å². The van der Waals surface area contributed by atoms with Crippen molar-refractivity contribution in [1.82, 2.24) is 0 Å². The Hall–Kier alpha value is 0.673. The van der Waals surface area contributed by atoms with Crippen LogP contribution in [-0.4, -0.2) is 5.75 Å². The van der Waals surface area contributed by atoms with E-state index < -0.39 is 0 Å². The second kappa shape index (κ2) is 9.76. The molecule has 0 atom stereocenters. The number of halogens is 1. The molecule has 3 heteroatoms. The van der Waals surface area contributed by atoms with Gasteiger partial charge in [0.15, 0.2) is 0 Å². The van der Waals surface area contributed by atoms with E-state index in [0.29, 0.717) is 0 Å². The van der Waals surface area contributed by atoms with Gasteiger partial charge in [0.25, 0.3) is 0 Å². The molecule has 1 aromatic rings. The molecule has 0 aliphatic rings. The Balaban J connectivity index is 0.000000561. The Labute approximate surface area is 95.6 Å². The van der Waals surface area contributed by atoms with E-state index in [4.69, 9.17) is 0 Å². The normalized spacial score (nSPS) is 8.67. The Kier molecular flexibility index (Phi) is 10.3. The fraction of sp³-hybridized carbons (Fsp3) is 0.333. The molecule has 0 nitrogen and oxygen atoms in total. The summed E-state index contributed by atoms with van der Waals surface area (Å²) in [6.45, 7) is 2.19. The van der Waals surface area contributed by atoms with Crippen LogP contribution in [0.15, 0.2) is 29.2 Å². The summed E-state index contributed by atoms with van der Waals surface area (Å²) in [5, 5.41) is 0. The van der Waals surface area contributed by atoms with Crippen LogP contribution in [0.1, 0.15) is 13.3 Å². The van der Waals surface area contributed by atoms with Gasteiger partial charge < -0.3 is 0 Å². The first-order valence-electron chi connectivity index (χ1n) is 3.79. The van der Waals surface area contributed by atoms with Gasteiger partial charge >= 0.3 is 30.0 Å². The number of benzene rings is 1. The van der Waals surface area contributed by atoms with Gasteiger partial charge in [0, 0.05) is 0 Å². The third kappa shape index (κ3) is 6.22. The molecule has 0 heterocycles. The SMILES string of the molecule is CCCSc1c[c-]ccc1.[Zn+][Br]. The van der Waals surface area contributed by atoms with Crippen molar-refractivity contribution in [2.24, 2.45) is 0 Å². The molecule has 0 unspecified atom stereocenters. The molecule has 0 radical (unpaired) electrons. The molecular formula is C9H11BrSZn. The van der Waals surface area contributed by atoms with Crippen molar-refractivity contribution < 1.29 is 16.3 Å². The third-order valence-corrected chi connectivity index (χ3v) is 2.35. The van der Waals surface area contributed by atoms with Gasteiger partial charge in [-0.1, -0.05) is 6.92 Å². The van der Waals surface area contributed by atoms with Crippen LogP contribution in [0.25, 0.3) is 0 Å². The predicted molar refractivity (Wildman–Crippen MR) is 55.2 cm³/mol. The minimum atomic E-state index is 1.19. The van der Waals surface area contributed by atoms with Crippen molar-refractivity contribution in [3.05, 3.63) is 30.3 Å². The topological polar surface area (TPSA) is 0 Å². The van der Waals surface area contributed by atoms with Gasteiger partial charge in [-0.25, -0.2) is 0 Å². The fourth-order valence-electron chi connectivity index (χ4n) is 0.687. The van der Waals surface area contributed by atoms with E-state index in [2.05, 4.69) is 32.7 Å². The molecule has 1 aromatic carbocycles. The molecule has 0 amide bonds. The van der Waals surface area contributed by atoms with Gasteiger partial charge in [0.1, 0.15) is 0 Å².